The largest absolute Gasteiger partial charge is 0.330 e. The molecule has 1 fully saturated rings. The Hall–Kier alpha value is -1.09. The van der Waals surface area contributed by atoms with E-state index in [1.165, 1.54) is 0 Å². The van der Waals surface area contributed by atoms with Crippen molar-refractivity contribution in [1.82, 2.24) is 4.57 Å². The summed E-state index contributed by atoms with van der Waals surface area (Å²) in [7, 11) is 0. The molecule has 0 radical (unpaired) electrons. The second-order valence-electron chi connectivity index (χ2n) is 3.58. The van der Waals surface area contributed by atoms with Crippen molar-refractivity contribution < 1.29 is 4.79 Å². The molecule has 0 amide bonds. The number of nitrogens with zero attached hydrogens (tertiary/aromatic N) is 1. The fraction of sp³-hybridized carbons (Fsp3) is 0.500. The molecule has 1 aliphatic rings. The molecule has 3 nitrogen and oxygen atoms in total. The predicted octanol–water partition coefficient (Wildman–Crippen LogP) is 1.04. The summed E-state index contributed by atoms with van der Waals surface area (Å²) >= 11 is 0. The lowest BCUT2D eigenvalue weighted by Gasteiger charge is -1.97. The Kier molecular flexibility index (Phi) is 2.19. The molecule has 2 rings (SSSR count). The van der Waals surface area contributed by atoms with Crippen molar-refractivity contribution in [3.05, 3.63) is 24.0 Å². The van der Waals surface area contributed by atoms with E-state index in [0.29, 0.717) is 6.54 Å². The van der Waals surface area contributed by atoms with Crippen LogP contribution >= 0.6 is 0 Å². The standard InChI is InChI=1S/C10H14N2O/c11-5-3-8-4-6-12(7-8)10(13)9-1-2-9/h4,6-7,9H,1-3,5,11H2. The predicted molar refractivity (Wildman–Crippen MR) is 50.5 cm³/mol. The van der Waals surface area contributed by atoms with Crippen LogP contribution in [0.3, 0.4) is 0 Å². The summed E-state index contributed by atoms with van der Waals surface area (Å²) in [6.45, 7) is 0.641. The van der Waals surface area contributed by atoms with Gasteiger partial charge in [0.1, 0.15) is 0 Å². The normalized spacial score (nSPS) is 16.1. The van der Waals surface area contributed by atoms with Crippen LogP contribution < -0.4 is 5.73 Å². The minimum atomic E-state index is 0.239. The smallest absolute Gasteiger partial charge is 0.233 e. The van der Waals surface area contributed by atoms with E-state index in [2.05, 4.69) is 0 Å². The molecule has 0 saturated heterocycles. The number of rotatable bonds is 3. The molecular weight excluding hydrogens is 164 g/mol. The fourth-order valence-corrected chi connectivity index (χ4v) is 1.43. The Morgan fingerprint density at radius 1 is 1.62 bits per heavy atom. The third-order valence-electron chi connectivity index (χ3n) is 2.37. The highest BCUT2D eigenvalue weighted by Crippen LogP contribution is 2.30. The van der Waals surface area contributed by atoms with Gasteiger partial charge < -0.3 is 5.73 Å². The zero-order valence-electron chi connectivity index (χ0n) is 7.57. The van der Waals surface area contributed by atoms with Crippen molar-refractivity contribution in [2.24, 2.45) is 11.7 Å². The highest BCUT2D eigenvalue weighted by Gasteiger charge is 2.30. The zero-order chi connectivity index (χ0) is 9.26. The van der Waals surface area contributed by atoms with Gasteiger partial charge in [-0.25, -0.2) is 0 Å². The fourth-order valence-electron chi connectivity index (χ4n) is 1.43. The van der Waals surface area contributed by atoms with Crippen LogP contribution in [-0.2, 0) is 6.42 Å². The summed E-state index contributed by atoms with van der Waals surface area (Å²) in [5.41, 5.74) is 6.57. The zero-order valence-corrected chi connectivity index (χ0v) is 7.57. The van der Waals surface area contributed by atoms with Crippen molar-refractivity contribution in [2.75, 3.05) is 6.54 Å². The Morgan fingerprint density at radius 3 is 3.00 bits per heavy atom. The third kappa shape index (κ3) is 1.80. The minimum absolute atomic E-state index is 0.239. The molecule has 1 saturated carbocycles. The lowest BCUT2D eigenvalue weighted by Crippen LogP contribution is -2.10. The number of carbonyl (C=O) groups is 1. The molecule has 3 heteroatoms. The molecule has 1 aliphatic carbocycles. The van der Waals surface area contributed by atoms with Crippen molar-refractivity contribution in [2.45, 2.75) is 19.3 Å². The number of aromatic nitrogens is 1. The summed E-state index contributed by atoms with van der Waals surface area (Å²) in [6, 6.07) is 1.97. The van der Waals surface area contributed by atoms with Crippen LogP contribution in [0.4, 0.5) is 0 Å². The van der Waals surface area contributed by atoms with E-state index in [1.54, 1.807) is 4.57 Å². The average Bonchev–Trinajstić information content (AvgIpc) is 2.87. The first-order valence-corrected chi connectivity index (χ1v) is 4.72. The van der Waals surface area contributed by atoms with E-state index >= 15 is 0 Å². The number of carbonyl (C=O) groups excluding carboxylic acids is 1. The van der Waals surface area contributed by atoms with Crippen molar-refractivity contribution >= 4 is 5.91 Å². The quantitative estimate of drug-likeness (QED) is 0.751. The SMILES string of the molecule is NCCc1ccn(C(=O)C2CC2)c1. The summed E-state index contributed by atoms with van der Waals surface area (Å²) in [5, 5.41) is 0. The van der Waals surface area contributed by atoms with Gasteiger partial charge in [-0.3, -0.25) is 9.36 Å². The van der Waals surface area contributed by atoms with Gasteiger partial charge in [-0.1, -0.05) is 0 Å². The summed E-state index contributed by atoms with van der Waals surface area (Å²) in [5.74, 6) is 0.529. The van der Waals surface area contributed by atoms with Crippen LogP contribution in [0.15, 0.2) is 18.5 Å². The second-order valence-corrected chi connectivity index (χ2v) is 3.58. The lowest BCUT2D eigenvalue weighted by atomic mass is 10.2. The Balaban J connectivity index is 2.07. The first-order chi connectivity index (χ1) is 6.31. The summed E-state index contributed by atoms with van der Waals surface area (Å²) in [4.78, 5) is 11.6. The molecule has 1 heterocycles. The van der Waals surface area contributed by atoms with Crippen LogP contribution in [0.25, 0.3) is 0 Å². The van der Waals surface area contributed by atoms with Crippen LogP contribution in [0.1, 0.15) is 23.2 Å². The van der Waals surface area contributed by atoms with E-state index in [0.717, 1.165) is 24.8 Å². The maximum Gasteiger partial charge on any atom is 0.233 e. The first-order valence-electron chi connectivity index (χ1n) is 4.72. The minimum Gasteiger partial charge on any atom is -0.330 e. The van der Waals surface area contributed by atoms with Crippen molar-refractivity contribution in [3.63, 3.8) is 0 Å². The van der Waals surface area contributed by atoms with Crippen LogP contribution in [0, 0.1) is 5.92 Å². The molecule has 70 valence electrons. The molecule has 0 aromatic carbocycles. The number of hydrogen-bond donors (Lipinski definition) is 1. The van der Waals surface area contributed by atoms with Crippen LogP contribution in [-0.4, -0.2) is 17.0 Å². The molecule has 1 aromatic heterocycles. The molecule has 0 unspecified atom stereocenters. The third-order valence-corrected chi connectivity index (χ3v) is 2.37. The van der Waals surface area contributed by atoms with Crippen molar-refractivity contribution in [3.8, 4) is 0 Å². The molecule has 2 N–H and O–H groups in total. The van der Waals surface area contributed by atoms with E-state index in [-0.39, 0.29) is 11.8 Å². The van der Waals surface area contributed by atoms with E-state index in [4.69, 9.17) is 5.73 Å². The molecule has 0 bridgehead atoms. The van der Waals surface area contributed by atoms with Gasteiger partial charge in [-0.05, 0) is 37.4 Å². The Morgan fingerprint density at radius 2 is 2.38 bits per heavy atom. The maximum atomic E-state index is 11.6. The van der Waals surface area contributed by atoms with Crippen LogP contribution in [0.5, 0.6) is 0 Å². The summed E-state index contributed by atoms with van der Waals surface area (Å²) < 4.78 is 1.70. The second kappa shape index (κ2) is 3.34. The molecule has 13 heavy (non-hydrogen) atoms. The van der Waals surface area contributed by atoms with Gasteiger partial charge in [-0.15, -0.1) is 0 Å². The molecule has 0 atom stereocenters. The maximum absolute atomic E-state index is 11.6. The van der Waals surface area contributed by atoms with Gasteiger partial charge in [0, 0.05) is 18.3 Å². The highest BCUT2D eigenvalue weighted by atomic mass is 16.2. The van der Waals surface area contributed by atoms with Crippen LogP contribution in [0.2, 0.25) is 0 Å². The van der Waals surface area contributed by atoms with Gasteiger partial charge in [0.05, 0.1) is 0 Å². The summed E-state index contributed by atoms with van der Waals surface area (Å²) in [6.07, 6.45) is 6.70. The topological polar surface area (TPSA) is 48.0 Å². The number of nitrogens with two attached hydrogens (primary N) is 1. The average molecular weight is 178 g/mol. The molecule has 1 aromatic rings. The molecular formula is C10H14N2O. The van der Waals surface area contributed by atoms with Crippen molar-refractivity contribution in [1.29, 1.82) is 0 Å². The number of hydrogen-bond acceptors (Lipinski definition) is 2. The van der Waals surface area contributed by atoms with Gasteiger partial charge in [-0.2, -0.15) is 0 Å². The lowest BCUT2D eigenvalue weighted by molar-refractivity contribution is 0.0886. The van der Waals surface area contributed by atoms with Gasteiger partial charge in [0.2, 0.25) is 5.91 Å². The van der Waals surface area contributed by atoms with E-state index < -0.39 is 0 Å². The first kappa shape index (κ1) is 8.51. The Bertz CT molecular complexity index is 312. The molecule has 0 aliphatic heterocycles. The van der Waals surface area contributed by atoms with Gasteiger partial charge in [0.25, 0.3) is 0 Å². The van der Waals surface area contributed by atoms with E-state index in [9.17, 15) is 4.79 Å². The van der Waals surface area contributed by atoms with E-state index in [1.807, 2.05) is 18.5 Å². The van der Waals surface area contributed by atoms with Gasteiger partial charge in [0.15, 0.2) is 0 Å². The highest BCUT2D eigenvalue weighted by molar-refractivity contribution is 5.83. The Labute approximate surface area is 77.5 Å². The monoisotopic (exact) mass is 178 g/mol. The molecule has 0 spiro atoms. The van der Waals surface area contributed by atoms with Gasteiger partial charge >= 0.3 is 0 Å².